The van der Waals surface area contributed by atoms with Crippen LogP contribution < -0.4 is 5.46 Å². The van der Waals surface area contributed by atoms with E-state index in [2.05, 4.69) is 11.4 Å². The fourth-order valence-electron chi connectivity index (χ4n) is 0.781. The zero-order valence-corrected chi connectivity index (χ0v) is 6.26. The lowest BCUT2D eigenvalue weighted by atomic mass is 10.0. The third kappa shape index (κ3) is 0.722. The zero-order valence-electron chi connectivity index (χ0n) is 4.63. The van der Waals surface area contributed by atoms with Crippen LogP contribution in [0.4, 0.5) is 0 Å². The van der Waals surface area contributed by atoms with Gasteiger partial charge in [0, 0.05) is 9.40 Å². The van der Waals surface area contributed by atoms with Crippen molar-refractivity contribution in [3.8, 4) is 0 Å². The van der Waals surface area contributed by atoms with Gasteiger partial charge in [0.15, 0.2) is 0 Å². The fraction of sp³-hybridized carbons (Fsp3) is 0. The Kier molecular flexibility index (Phi) is 1.13. The van der Waals surface area contributed by atoms with E-state index in [9.17, 15) is 0 Å². The van der Waals surface area contributed by atoms with Gasteiger partial charge in [-0.1, -0.05) is 5.46 Å². The van der Waals surface area contributed by atoms with Crippen LogP contribution in [0, 0.1) is 0 Å². The fourth-order valence-corrected chi connectivity index (χ4v) is 2.69. The molecule has 3 heteroatoms. The lowest BCUT2D eigenvalue weighted by Crippen LogP contribution is -1.93. The van der Waals surface area contributed by atoms with Crippen molar-refractivity contribution in [2.45, 2.75) is 0 Å². The largest absolute Gasteiger partial charge is 0.144 e. The summed E-state index contributed by atoms with van der Waals surface area (Å²) in [6, 6.07) is 2.10. The van der Waals surface area contributed by atoms with Crippen LogP contribution in [0.1, 0.15) is 0 Å². The average Bonchev–Trinajstić information content (AvgIpc) is 2.35. The molecule has 2 radical (unpaired) electrons. The number of rotatable bonds is 0. The lowest BCUT2D eigenvalue weighted by Gasteiger charge is -1.75. The molecule has 0 aromatic carbocycles. The molecule has 0 saturated carbocycles. The summed E-state index contributed by atoms with van der Waals surface area (Å²) in [7, 11) is 5.64. The smallest absolute Gasteiger partial charge is 0.116 e. The lowest BCUT2D eigenvalue weighted by molar-refractivity contribution is 2.26. The summed E-state index contributed by atoms with van der Waals surface area (Å²) in [4.78, 5) is 0. The number of thiophene rings is 2. The maximum Gasteiger partial charge on any atom is 0.116 e. The van der Waals surface area contributed by atoms with Gasteiger partial charge in [0.2, 0.25) is 0 Å². The summed E-state index contributed by atoms with van der Waals surface area (Å²) in [5, 5.41) is 4.05. The molecule has 0 nitrogen and oxygen atoms in total. The Morgan fingerprint density at radius 3 is 3.00 bits per heavy atom. The SMILES string of the molecule is [B]c1csc2ccsc12. The van der Waals surface area contributed by atoms with Gasteiger partial charge in [0.1, 0.15) is 7.85 Å². The highest BCUT2D eigenvalue weighted by atomic mass is 32.1. The first-order valence-electron chi connectivity index (χ1n) is 2.58. The Balaban J connectivity index is 2.99. The molecule has 9 heavy (non-hydrogen) atoms. The summed E-state index contributed by atoms with van der Waals surface area (Å²) in [5.74, 6) is 0. The van der Waals surface area contributed by atoms with Gasteiger partial charge in [-0.2, -0.15) is 0 Å². The first-order chi connectivity index (χ1) is 4.38. The zero-order chi connectivity index (χ0) is 6.27. The standard InChI is InChI=1S/C6H3BS2/c7-4-3-9-5-1-2-8-6(4)5/h1-3H. The molecular weight excluding hydrogens is 147 g/mol. The molecule has 0 fully saturated rings. The first-order valence-corrected chi connectivity index (χ1v) is 4.34. The maximum atomic E-state index is 5.64. The van der Waals surface area contributed by atoms with E-state index < -0.39 is 0 Å². The maximum absolute atomic E-state index is 5.64. The molecule has 42 valence electrons. The van der Waals surface area contributed by atoms with Crippen LogP contribution in [0.15, 0.2) is 16.8 Å². The minimum Gasteiger partial charge on any atom is -0.144 e. The second-order valence-electron chi connectivity index (χ2n) is 1.81. The van der Waals surface area contributed by atoms with Gasteiger partial charge in [-0.15, -0.1) is 22.7 Å². The molecule has 0 atom stereocenters. The second kappa shape index (κ2) is 1.85. The molecule has 2 rings (SSSR count). The predicted octanol–water partition coefficient (Wildman–Crippen LogP) is 1.76. The Bertz CT molecular complexity index is 320. The average molecular weight is 150 g/mol. The van der Waals surface area contributed by atoms with Crippen molar-refractivity contribution in [3.05, 3.63) is 16.8 Å². The van der Waals surface area contributed by atoms with Crippen molar-refractivity contribution in [1.82, 2.24) is 0 Å². The summed E-state index contributed by atoms with van der Waals surface area (Å²) in [5.41, 5.74) is 0.921. The Morgan fingerprint density at radius 1 is 1.33 bits per heavy atom. The number of hydrogen-bond donors (Lipinski definition) is 0. The van der Waals surface area contributed by atoms with E-state index in [1.807, 2.05) is 5.38 Å². The molecule has 0 bridgehead atoms. The molecule has 2 heterocycles. The van der Waals surface area contributed by atoms with E-state index in [1.54, 1.807) is 22.7 Å². The molecule has 0 N–H and O–H groups in total. The van der Waals surface area contributed by atoms with E-state index in [-0.39, 0.29) is 0 Å². The summed E-state index contributed by atoms with van der Waals surface area (Å²) in [6.45, 7) is 0. The predicted molar refractivity (Wildman–Crippen MR) is 45.1 cm³/mol. The summed E-state index contributed by atoms with van der Waals surface area (Å²) >= 11 is 3.41. The summed E-state index contributed by atoms with van der Waals surface area (Å²) < 4.78 is 2.54. The molecule has 2 aromatic rings. The number of hydrogen-bond acceptors (Lipinski definition) is 2. The van der Waals surface area contributed by atoms with Crippen LogP contribution in [-0.4, -0.2) is 7.85 Å². The van der Waals surface area contributed by atoms with Gasteiger partial charge < -0.3 is 0 Å². The Morgan fingerprint density at radius 2 is 2.22 bits per heavy atom. The van der Waals surface area contributed by atoms with Crippen LogP contribution in [0.5, 0.6) is 0 Å². The quantitative estimate of drug-likeness (QED) is 0.502. The third-order valence-corrected chi connectivity index (χ3v) is 3.26. The molecule has 2 aromatic heterocycles. The van der Waals surface area contributed by atoms with Gasteiger partial charge in [-0.25, -0.2) is 0 Å². The van der Waals surface area contributed by atoms with Crippen molar-refractivity contribution in [2.24, 2.45) is 0 Å². The summed E-state index contributed by atoms with van der Waals surface area (Å²) in [6.07, 6.45) is 0. The second-order valence-corrected chi connectivity index (χ2v) is 3.63. The van der Waals surface area contributed by atoms with Crippen LogP contribution in [0.25, 0.3) is 9.40 Å². The van der Waals surface area contributed by atoms with Crippen LogP contribution in [0.2, 0.25) is 0 Å². The van der Waals surface area contributed by atoms with Crippen molar-refractivity contribution in [2.75, 3.05) is 0 Å². The molecule has 0 saturated heterocycles. The van der Waals surface area contributed by atoms with Crippen molar-refractivity contribution in [3.63, 3.8) is 0 Å². The normalized spacial score (nSPS) is 10.7. The highest BCUT2D eigenvalue weighted by Crippen LogP contribution is 2.22. The molecule has 0 amide bonds. The van der Waals surface area contributed by atoms with E-state index in [0.29, 0.717) is 0 Å². The van der Waals surface area contributed by atoms with Gasteiger partial charge in [-0.05, 0) is 16.8 Å². The molecule has 0 aliphatic heterocycles. The van der Waals surface area contributed by atoms with E-state index in [4.69, 9.17) is 7.85 Å². The topological polar surface area (TPSA) is 0 Å². The van der Waals surface area contributed by atoms with Gasteiger partial charge in [-0.3, -0.25) is 0 Å². The minimum absolute atomic E-state index is 0.921. The number of fused-ring (bicyclic) bond motifs is 1. The van der Waals surface area contributed by atoms with Crippen molar-refractivity contribution < 1.29 is 0 Å². The minimum atomic E-state index is 0.921. The highest BCUT2D eigenvalue weighted by molar-refractivity contribution is 7.27. The first kappa shape index (κ1) is 5.51. The van der Waals surface area contributed by atoms with Crippen LogP contribution in [-0.2, 0) is 0 Å². The molecular formula is C6H3BS2. The highest BCUT2D eigenvalue weighted by Gasteiger charge is 1.97. The monoisotopic (exact) mass is 150 g/mol. The Hall–Kier alpha value is -0.275. The molecule has 0 unspecified atom stereocenters. The van der Waals surface area contributed by atoms with E-state index in [1.165, 1.54) is 9.40 Å². The molecule has 0 aliphatic rings. The van der Waals surface area contributed by atoms with Crippen LogP contribution >= 0.6 is 22.7 Å². The molecule has 0 spiro atoms. The van der Waals surface area contributed by atoms with Crippen molar-refractivity contribution in [1.29, 1.82) is 0 Å². The third-order valence-electron chi connectivity index (χ3n) is 1.20. The van der Waals surface area contributed by atoms with E-state index >= 15 is 0 Å². The van der Waals surface area contributed by atoms with E-state index in [0.717, 1.165) is 5.46 Å². The van der Waals surface area contributed by atoms with Gasteiger partial charge >= 0.3 is 0 Å². The Labute approximate surface area is 62.5 Å². The molecule has 0 aliphatic carbocycles. The van der Waals surface area contributed by atoms with Gasteiger partial charge in [0.25, 0.3) is 0 Å². The van der Waals surface area contributed by atoms with Crippen molar-refractivity contribution >= 4 is 45.4 Å². The van der Waals surface area contributed by atoms with Crippen LogP contribution in [0.3, 0.4) is 0 Å². The van der Waals surface area contributed by atoms with Gasteiger partial charge in [0.05, 0.1) is 0 Å².